The SMILES string of the molecule is CNC(Cc1ncc(Br)cn1)C(C)(C)C. The van der Waals surface area contributed by atoms with Gasteiger partial charge in [0.1, 0.15) is 5.82 Å². The van der Waals surface area contributed by atoms with Crippen molar-refractivity contribution in [2.24, 2.45) is 5.41 Å². The highest BCUT2D eigenvalue weighted by atomic mass is 79.9. The van der Waals surface area contributed by atoms with Crippen molar-refractivity contribution in [2.45, 2.75) is 33.2 Å². The molecule has 0 spiro atoms. The maximum atomic E-state index is 4.28. The van der Waals surface area contributed by atoms with Crippen LogP contribution in [0.4, 0.5) is 0 Å². The third-order valence-electron chi connectivity index (χ3n) is 2.45. The van der Waals surface area contributed by atoms with Crippen LogP contribution in [0.1, 0.15) is 26.6 Å². The smallest absolute Gasteiger partial charge is 0.129 e. The maximum Gasteiger partial charge on any atom is 0.129 e. The Bertz CT molecular complexity index is 303. The first-order valence-electron chi connectivity index (χ1n) is 5.07. The van der Waals surface area contributed by atoms with Gasteiger partial charge in [0.05, 0.1) is 4.47 Å². The van der Waals surface area contributed by atoms with Gasteiger partial charge in [-0.15, -0.1) is 0 Å². The first-order chi connectivity index (χ1) is 6.93. The van der Waals surface area contributed by atoms with E-state index in [0.29, 0.717) is 6.04 Å². The summed E-state index contributed by atoms with van der Waals surface area (Å²) in [7, 11) is 1.98. The van der Waals surface area contributed by atoms with Crippen molar-refractivity contribution in [3.05, 3.63) is 22.7 Å². The van der Waals surface area contributed by atoms with E-state index in [2.05, 4.69) is 52.0 Å². The highest BCUT2D eigenvalue weighted by Gasteiger charge is 2.23. The minimum absolute atomic E-state index is 0.213. The van der Waals surface area contributed by atoms with Crippen LogP contribution in [0.5, 0.6) is 0 Å². The first kappa shape index (κ1) is 12.6. The Labute approximate surface area is 99.8 Å². The van der Waals surface area contributed by atoms with E-state index in [9.17, 15) is 0 Å². The summed E-state index contributed by atoms with van der Waals surface area (Å²) >= 11 is 3.33. The third kappa shape index (κ3) is 3.87. The van der Waals surface area contributed by atoms with Gasteiger partial charge in [0, 0.05) is 24.9 Å². The van der Waals surface area contributed by atoms with E-state index in [4.69, 9.17) is 0 Å². The molecule has 0 aromatic carbocycles. The van der Waals surface area contributed by atoms with Crippen LogP contribution in [0, 0.1) is 5.41 Å². The van der Waals surface area contributed by atoms with Crippen molar-refractivity contribution >= 4 is 15.9 Å². The summed E-state index contributed by atoms with van der Waals surface area (Å²) in [6.45, 7) is 6.65. The van der Waals surface area contributed by atoms with Crippen molar-refractivity contribution in [3.8, 4) is 0 Å². The van der Waals surface area contributed by atoms with Gasteiger partial charge in [-0.05, 0) is 28.4 Å². The molecule has 0 saturated carbocycles. The van der Waals surface area contributed by atoms with E-state index in [-0.39, 0.29) is 5.41 Å². The summed E-state index contributed by atoms with van der Waals surface area (Å²) in [6.07, 6.45) is 4.43. The average Bonchev–Trinajstić information content (AvgIpc) is 2.15. The number of hydrogen-bond acceptors (Lipinski definition) is 3. The molecule has 0 radical (unpaired) electrons. The van der Waals surface area contributed by atoms with Crippen molar-refractivity contribution in [1.82, 2.24) is 15.3 Å². The van der Waals surface area contributed by atoms with Crippen LogP contribution in [0.25, 0.3) is 0 Å². The summed E-state index contributed by atoms with van der Waals surface area (Å²) in [4.78, 5) is 8.56. The van der Waals surface area contributed by atoms with Gasteiger partial charge in [-0.2, -0.15) is 0 Å². The molecule has 0 aliphatic heterocycles. The van der Waals surface area contributed by atoms with Crippen molar-refractivity contribution in [2.75, 3.05) is 7.05 Å². The van der Waals surface area contributed by atoms with Gasteiger partial charge in [-0.1, -0.05) is 20.8 Å². The second-order valence-corrected chi connectivity index (χ2v) is 5.64. The lowest BCUT2D eigenvalue weighted by atomic mass is 9.85. The Morgan fingerprint density at radius 3 is 2.27 bits per heavy atom. The highest BCUT2D eigenvalue weighted by molar-refractivity contribution is 9.10. The number of rotatable bonds is 3. The van der Waals surface area contributed by atoms with Crippen LogP contribution in [0.15, 0.2) is 16.9 Å². The van der Waals surface area contributed by atoms with E-state index < -0.39 is 0 Å². The number of likely N-dealkylation sites (N-methyl/N-ethyl adjacent to an activating group) is 1. The zero-order valence-electron chi connectivity index (χ0n) is 9.71. The van der Waals surface area contributed by atoms with Gasteiger partial charge in [0.2, 0.25) is 0 Å². The maximum absolute atomic E-state index is 4.28. The van der Waals surface area contributed by atoms with Crippen LogP contribution < -0.4 is 5.32 Å². The summed E-state index contributed by atoms with van der Waals surface area (Å²) in [5.74, 6) is 0.882. The molecule has 84 valence electrons. The second-order valence-electron chi connectivity index (χ2n) is 4.73. The lowest BCUT2D eigenvalue weighted by Gasteiger charge is -2.29. The normalized spacial score (nSPS) is 13.9. The summed E-state index contributed by atoms with van der Waals surface area (Å²) in [5.41, 5.74) is 0.213. The van der Waals surface area contributed by atoms with Gasteiger partial charge >= 0.3 is 0 Å². The lowest BCUT2D eigenvalue weighted by molar-refractivity contribution is 0.276. The molecule has 0 amide bonds. The zero-order valence-corrected chi connectivity index (χ0v) is 11.3. The molecular formula is C11H18BrN3. The van der Waals surface area contributed by atoms with Gasteiger partial charge in [0.15, 0.2) is 0 Å². The number of hydrogen-bond donors (Lipinski definition) is 1. The third-order valence-corrected chi connectivity index (χ3v) is 2.86. The average molecular weight is 272 g/mol. The van der Waals surface area contributed by atoms with Crippen LogP contribution in [-0.4, -0.2) is 23.1 Å². The van der Waals surface area contributed by atoms with Crippen LogP contribution in [0.3, 0.4) is 0 Å². The lowest BCUT2D eigenvalue weighted by Crippen LogP contribution is -2.40. The van der Waals surface area contributed by atoms with E-state index in [1.807, 2.05) is 7.05 Å². The number of nitrogens with one attached hydrogen (secondary N) is 1. The Kier molecular flexibility index (Phi) is 4.22. The first-order valence-corrected chi connectivity index (χ1v) is 5.86. The molecule has 0 aliphatic carbocycles. The second kappa shape index (κ2) is 5.03. The molecule has 0 fully saturated rings. The Morgan fingerprint density at radius 1 is 1.33 bits per heavy atom. The predicted octanol–water partition coefficient (Wildman–Crippen LogP) is 2.42. The van der Waals surface area contributed by atoms with E-state index in [0.717, 1.165) is 16.7 Å². The fourth-order valence-electron chi connectivity index (χ4n) is 1.47. The largest absolute Gasteiger partial charge is 0.316 e. The Hall–Kier alpha value is -0.480. The summed E-state index contributed by atoms with van der Waals surface area (Å²) < 4.78 is 0.919. The van der Waals surface area contributed by atoms with E-state index in [1.54, 1.807) is 12.4 Å². The molecule has 1 rings (SSSR count). The zero-order chi connectivity index (χ0) is 11.5. The molecule has 1 aromatic heterocycles. The standard InChI is InChI=1S/C11H18BrN3/c1-11(2,3)9(13-4)5-10-14-6-8(12)7-15-10/h6-7,9,13H,5H2,1-4H3. The molecule has 1 N–H and O–H groups in total. The fourth-order valence-corrected chi connectivity index (χ4v) is 1.67. The van der Waals surface area contributed by atoms with Crippen LogP contribution in [-0.2, 0) is 6.42 Å². The minimum Gasteiger partial charge on any atom is -0.316 e. The van der Waals surface area contributed by atoms with Crippen molar-refractivity contribution < 1.29 is 0 Å². The monoisotopic (exact) mass is 271 g/mol. The molecule has 3 nitrogen and oxygen atoms in total. The topological polar surface area (TPSA) is 37.8 Å². The molecule has 1 atom stereocenters. The van der Waals surface area contributed by atoms with Gasteiger partial charge in [-0.25, -0.2) is 9.97 Å². The van der Waals surface area contributed by atoms with Crippen LogP contribution in [0.2, 0.25) is 0 Å². The van der Waals surface area contributed by atoms with Gasteiger partial charge < -0.3 is 5.32 Å². The number of halogens is 1. The van der Waals surface area contributed by atoms with Crippen molar-refractivity contribution in [3.63, 3.8) is 0 Å². The fraction of sp³-hybridized carbons (Fsp3) is 0.636. The van der Waals surface area contributed by atoms with E-state index >= 15 is 0 Å². The summed E-state index contributed by atoms with van der Waals surface area (Å²) in [5, 5.41) is 3.31. The Balaban J connectivity index is 2.71. The molecule has 15 heavy (non-hydrogen) atoms. The molecule has 1 unspecified atom stereocenters. The summed E-state index contributed by atoms with van der Waals surface area (Å²) in [6, 6.07) is 0.388. The minimum atomic E-state index is 0.213. The number of nitrogens with zero attached hydrogens (tertiary/aromatic N) is 2. The number of aromatic nitrogens is 2. The predicted molar refractivity (Wildman–Crippen MR) is 65.7 cm³/mol. The van der Waals surface area contributed by atoms with Crippen LogP contribution >= 0.6 is 15.9 Å². The molecule has 1 aromatic rings. The van der Waals surface area contributed by atoms with Gasteiger partial charge in [-0.3, -0.25) is 0 Å². The Morgan fingerprint density at radius 2 is 1.87 bits per heavy atom. The van der Waals surface area contributed by atoms with Gasteiger partial charge in [0.25, 0.3) is 0 Å². The molecular weight excluding hydrogens is 254 g/mol. The molecule has 4 heteroatoms. The van der Waals surface area contributed by atoms with E-state index in [1.165, 1.54) is 0 Å². The molecule has 1 heterocycles. The molecule has 0 aliphatic rings. The molecule has 0 saturated heterocycles. The molecule has 0 bridgehead atoms. The quantitative estimate of drug-likeness (QED) is 0.918. The highest BCUT2D eigenvalue weighted by Crippen LogP contribution is 2.21. The van der Waals surface area contributed by atoms with Crippen molar-refractivity contribution in [1.29, 1.82) is 0 Å².